The Morgan fingerprint density at radius 3 is 1.50 bits per heavy atom. The second-order valence-corrected chi connectivity index (χ2v) is 9.98. The average molecular weight is 446 g/mol. The zero-order valence-electron chi connectivity index (χ0n) is 13.8. The van der Waals surface area contributed by atoms with Crippen LogP contribution in [0.5, 0.6) is 0 Å². The van der Waals surface area contributed by atoms with Gasteiger partial charge in [0, 0.05) is 8.95 Å². The lowest BCUT2D eigenvalue weighted by Crippen LogP contribution is -2.35. The molecular formula is C22H22Br2. The van der Waals surface area contributed by atoms with E-state index in [0.717, 1.165) is 11.8 Å². The van der Waals surface area contributed by atoms with Gasteiger partial charge in [-0.2, -0.15) is 0 Å². The molecule has 24 heavy (non-hydrogen) atoms. The summed E-state index contributed by atoms with van der Waals surface area (Å²) in [6, 6.07) is 18.5. The highest BCUT2D eigenvalue weighted by Gasteiger charge is 2.66. The quantitative estimate of drug-likeness (QED) is 0.466. The lowest BCUT2D eigenvalue weighted by molar-refractivity contribution is 0.203. The molecule has 4 atom stereocenters. The molecule has 0 aliphatic heterocycles. The zero-order valence-corrected chi connectivity index (χ0v) is 16.9. The summed E-state index contributed by atoms with van der Waals surface area (Å²) in [7, 11) is 0. The minimum atomic E-state index is 0.426. The molecule has 0 nitrogen and oxygen atoms in total. The number of hydrogen-bond donors (Lipinski definition) is 0. The van der Waals surface area contributed by atoms with Crippen molar-refractivity contribution in [2.45, 2.75) is 49.4 Å². The summed E-state index contributed by atoms with van der Waals surface area (Å²) in [5.74, 6) is 1.77. The topological polar surface area (TPSA) is 0 Å². The van der Waals surface area contributed by atoms with Crippen LogP contribution in [0.15, 0.2) is 57.5 Å². The average Bonchev–Trinajstić information content (AvgIpc) is 3.28. The van der Waals surface area contributed by atoms with Crippen LogP contribution in [0.25, 0.3) is 0 Å². The Morgan fingerprint density at radius 2 is 1.08 bits per heavy atom. The van der Waals surface area contributed by atoms with Crippen molar-refractivity contribution in [2.24, 2.45) is 11.8 Å². The minimum Gasteiger partial charge on any atom is -0.0573 e. The molecule has 0 saturated heterocycles. The van der Waals surface area contributed by atoms with Gasteiger partial charge < -0.3 is 0 Å². The van der Waals surface area contributed by atoms with Crippen molar-refractivity contribution < 1.29 is 0 Å². The van der Waals surface area contributed by atoms with Crippen LogP contribution < -0.4 is 0 Å². The van der Waals surface area contributed by atoms with Crippen molar-refractivity contribution in [3.63, 3.8) is 0 Å². The Labute approximate surface area is 161 Å². The Kier molecular flexibility index (Phi) is 3.55. The summed E-state index contributed by atoms with van der Waals surface area (Å²) >= 11 is 7.22. The molecule has 0 heterocycles. The molecular weight excluding hydrogens is 424 g/mol. The van der Waals surface area contributed by atoms with E-state index in [1.165, 1.54) is 47.5 Å². The summed E-state index contributed by atoms with van der Waals surface area (Å²) in [5, 5.41) is 0. The maximum Gasteiger partial charge on any atom is 0.0175 e. The first kappa shape index (κ1) is 15.6. The zero-order chi connectivity index (χ0) is 16.4. The Hall–Kier alpha value is -0.600. The summed E-state index contributed by atoms with van der Waals surface area (Å²) in [5.41, 5.74) is 4.04. The van der Waals surface area contributed by atoms with Gasteiger partial charge in [-0.3, -0.25) is 0 Å². The summed E-state index contributed by atoms with van der Waals surface area (Å²) < 4.78 is 2.39. The van der Waals surface area contributed by atoms with Gasteiger partial charge in [-0.05, 0) is 90.2 Å². The van der Waals surface area contributed by atoms with Crippen molar-refractivity contribution in [1.82, 2.24) is 0 Å². The molecule has 0 spiro atoms. The number of halogens is 2. The normalized spacial score (nSPS) is 36.9. The maximum atomic E-state index is 3.61. The van der Waals surface area contributed by atoms with E-state index in [2.05, 4.69) is 80.4 Å². The molecule has 0 radical (unpaired) electrons. The van der Waals surface area contributed by atoms with Crippen LogP contribution in [0.4, 0.5) is 0 Å². The van der Waals surface area contributed by atoms with E-state index in [9.17, 15) is 0 Å². The molecule has 2 bridgehead atoms. The van der Waals surface area contributed by atoms with Crippen LogP contribution in [0.1, 0.15) is 49.7 Å². The standard InChI is InChI=1S/C22H22Br2/c23-17-8-4-15(5-9-17)21-12-13-22(14-21,20-3-1-2-19(20)21)16-6-10-18(24)11-7-16/h4-11,19-20H,1-3,12-14H2. The largest absolute Gasteiger partial charge is 0.0573 e. The van der Waals surface area contributed by atoms with Crippen molar-refractivity contribution in [2.75, 3.05) is 0 Å². The predicted octanol–water partition coefficient (Wildman–Crippen LogP) is 7.00. The molecule has 3 aliphatic rings. The molecule has 0 N–H and O–H groups in total. The van der Waals surface area contributed by atoms with E-state index < -0.39 is 0 Å². The molecule has 4 unspecified atom stereocenters. The van der Waals surface area contributed by atoms with Gasteiger partial charge in [0.2, 0.25) is 0 Å². The van der Waals surface area contributed by atoms with Gasteiger partial charge in [-0.1, -0.05) is 62.5 Å². The molecule has 2 heteroatoms. The molecule has 3 aliphatic carbocycles. The third-order valence-electron chi connectivity index (χ3n) is 7.42. The van der Waals surface area contributed by atoms with Gasteiger partial charge in [0.15, 0.2) is 0 Å². The predicted molar refractivity (Wildman–Crippen MR) is 106 cm³/mol. The highest BCUT2D eigenvalue weighted by Crippen LogP contribution is 2.72. The molecule has 0 amide bonds. The molecule has 124 valence electrons. The van der Waals surface area contributed by atoms with Gasteiger partial charge in [0.05, 0.1) is 0 Å². The Morgan fingerprint density at radius 1 is 0.667 bits per heavy atom. The first-order valence-electron chi connectivity index (χ1n) is 9.16. The second-order valence-electron chi connectivity index (χ2n) is 8.15. The Bertz CT molecular complexity index is 698. The fraction of sp³-hybridized carbons (Fsp3) is 0.455. The summed E-state index contributed by atoms with van der Waals surface area (Å²) in [4.78, 5) is 0. The minimum absolute atomic E-state index is 0.426. The van der Waals surface area contributed by atoms with E-state index in [4.69, 9.17) is 0 Å². The van der Waals surface area contributed by atoms with Crippen molar-refractivity contribution in [1.29, 1.82) is 0 Å². The SMILES string of the molecule is Brc1ccc(C23CCC(c4ccc(Br)cc4)(C2)C2CCCC23)cc1. The van der Waals surface area contributed by atoms with E-state index in [1.807, 2.05) is 0 Å². The highest BCUT2D eigenvalue weighted by atomic mass is 79.9. The number of rotatable bonds is 2. The van der Waals surface area contributed by atoms with Crippen LogP contribution in [0, 0.1) is 11.8 Å². The second kappa shape index (κ2) is 5.45. The van der Waals surface area contributed by atoms with Gasteiger partial charge in [0.1, 0.15) is 0 Å². The molecule has 2 aromatic carbocycles. The monoisotopic (exact) mass is 444 g/mol. The van der Waals surface area contributed by atoms with E-state index in [1.54, 1.807) is 11.1 Å². The first-order valence-corrected chi connectivity index (χ1v) is 10.7. The van der Waals surface area contributed by atoms with Gasteiger partial charge in [-0.25, -0.2) is 0 Å². The summed E-state index contributed by atoms with van der Waals surface area (Å²) in [6.07, 6.45) is 8.38. The number of fused-ring (bicyclic) bond motifs is 5. The third-order valence-corrected chi connectivity index (χ3v) is 8.48. The summed E-state index contributed by atoms with van der Waals surface area (Å²) in [6.45, 7) is 0. The lowest BCUT2D eigenvalue weighted by Gasteiger charge is -2.40. The first-order chi connectivity index (χ1) is 11.6. The van der Waals surface area contributed by atoms with Crippen LogP contribution in [-0.2, 0) is 10.8 Å². The molecule has 3 fully saturated rings. The molecule has 5 rings (SSSR count). The van der Waals surface area contributed by atoms with Crippen LogP contribution in [0.3, 0.4) is 0 Å². The highest BCUT2D eigenvalue weighted by molar-refractivity contribution is 9.10. The van der Waals surface area contributed by atoms with Gasteiger partial charge in [0.25, 0.3) is 0 Å². The molecule has 0 aromatic heterocycles. The Balaban J connectivity index is 1.63. The van der Waals surface area contributed by atoms with E-state index >= 15 is 0 Å². The molecule has 2 aromatic rings. The van der Waals surface area contributed by atoms with E-state index in [0.29, 0.717) is 10.8 Å². The van der Waals surface area contributed by atoms with Crippen LogP contribution >= 0.6 is 31.9 Å². The fourth-order valence-electron chi connectivity index (χ4n) is 6.59. The third kappa shape index (κ3) is 2.02. The smallest absolute Gasteiger partial charge is 0.0175 e. The van der Waals surface area contributed by atoms with Gasteiger partial charge >= 0.3 is 0 Å². The maximum absolute atomic E-state index is 3.61. The van der Waals surface area contributed by atoms with E-state index in [-0.39, 0.29) is 0 Å². The van der Waals surface area contributed by atoms with Crippen LogP contribution in [-0.4, -0.2) is 0 Å². The molecule has 3 saturated carbocycles. The van der Waals surface area contributed by atoms with Crippen molar-refractivity contribution in [3.8, 4) is 0 Å². The van der Waals surface area contributed by atoms with Gasteiger partial charge in [-0.15, -0.1) is 0 Å². The number of benzene rings is 2. The van der Waals surface area contributed by atoms with Crippen molar-refractivity contribution >= 4 is 31.9 Å². The fourth-order valence-corrected chi connectivity index (χ4v) is 7.11. The van der Waals surface area contributed by atoms with Crippen molar-refractivity contribution in [3.05, 3.63) is 68.6 Å². The lowest BCUT2D eigenvalue weighted by atomic mass is 9.64. The van der Waals surface area contributed by atoms with Crippen LogP contribution in [0.2, 0.25) is 0 Å². The number of hydrogen-bond acceptors (Lipinski definition) is 0.